The second-order valence-corrected chi connectivity index (χ2v) is 6.14. The first-order valence-electron chi connectivity index (χ1n) is 5.63. The number of hydrogen-bond donors (Lipinski definition) is 4. The minimum Gasteiger partial charge on any atom is -0.289 e. The second-order valence-electron chi connectivity index (χ2n) is 4.35. The molecular formula is C14H8O2S4. The Morgan fingerprint density at radius 2 is 0.950 bits per heavy atom. The van der Waals surface area contributed by atoms with Crippen LogP contribution in [-0.2, 0) is 0 Å². The van der Waals surface area contributed by atoms with E-state index < -0.39 is 0 Å². The highest BCUT2D eigenvalue weighted by Gasteiger charge is 2.34. The Bertz CT molecular complexity index is 730. The van der Waals surface area contributed by atoms with Gasteiger partial charge >= 0.3 is 0 Å². The molecular weight excluding hydrogens is 328 g/mol. The lowest BCUT2D eigenvalue weighted by Crippen LogP contribution is -2.22. The molecule has 2 aromatic rings. The van der Waals surface area contributed by atoms with Gasteiger partial charge in [0.1, 0.15) is 0 Å². The van der Waals surface area contributed by atoms with Crippen LogP contribution in [0, 0.1) is 0 Å². The average molecular weight is 336 g/mol. The number of fused-ring (bicyclic) bond motifs is 2. The van der Waals surface area contributed by atoms with Gasteiger partial charge in [-0.05, 0) is 0 Å². The molecule has 0 aliphatic heterocycles. The summed E-state index contributed by atoms with van der Waals surface area (Å²) in [6.07, 6.45) is 0. The summed E-state index contributed by atoms with van der Waals surface area (Å²) < 4.78 is 0. The molecule has 0 saturated carbocycles. The summed E-state index contributed by atoms with van der Waals surface area (Å²) in [6.45, 7) is 0. The van der Waals surface area contributed by atoms with Gasteiger partial charge in [0.2, 0.25) is 0 Å². The minimum atomic E-state index is -0.237. The maximum atomic E-state index is 12.6. The Balaban J connectivity index is 2.46. The van der Waals surface area contributed by atoms with Gasteiger partial charge in [0.25, 0.3) is 0 Å². The number of benzene rings is 2. The molecule has 0 aromatic heterocycles. The molecule has 0 heterocycles. The summed E-state index contributed by atoms with van der Waals surface area (Å²) in [4.78, 5) is 26.8. The fourth-order valence-corrected chi connectivity index (χ4v) is 3.56. The molecule has 0 N–H and O–H groups in total. The van der Waals surface area contributed by atoms with Crippen molar-refractivity contribution in [3.05, 3.63) is 46.5 Å². The molecule has 0 bridgehead atoms. The van der Waals surface area contributed by atoms with E-state index in [1.807, 2.05) is 0 Å². The van der Waals surface area contributed by atoms with Crippen molar-refractivity contribution in [2.24, 2.45) is 0 Å². The predicted octanol–water partition coefficient (Wildman–Crippen LogP) is 3.62. The number of carbonyl (C=O) groups excluding carboxylic acids is 2. The van der Waals surface area contributed by atoms with Crippen molar-refractivity contribution < 1.29 is 9.59 Å². The van der Waals surface area contributed by atoms with Crippen LogP contribution >= 0.6 is 50.5 Å². The highest BCUT2D eigenvalue weighted by molar-refractivity contribution is 7.86. The van der Waals surface area contributed by atoms with E-state index in [9.17, 15) is 9.59 Å². The standard InChI is InChI=1S/C14H8O2S4/c15-9-5-3-1-2-4-6(5)10(16)8-7(9)11(17)13(19)14(20)12(8)18/h1-4,17-20H. The van der Waals surface area contributed by atoms with E-state index in [1.165, 1.54) is 0 Å². The van der Waals surface area contributed by atoms with E-state index in [-0.39, 0.29) is 22.7 Å². The molecule has 2 aromatic carbocycles. The van der Waals surface area contributed by atoms with Crippen LogP contribution in [-0.4, -0.2) is 11.6 Å². The fraction of sp³-hybridized carbons (Fsp3) is 0. The molecule has 1 aliphatic carbocycles. The Morgan fingerprint density at radius 3 is 1.30 bits per heavy atom. The first kappa shape index (κ1) is 14.1. The molecule has 3 rings (SSSR count). The molecule has 0 spiro atoms. The molecule has 0 radical (unpaired) electrons. The lowest BCUT2D eigenvalue weighted by Gasteiger charge is -2.22. The van der Waals surface area contributed by atoms with Gasteiger partial charge in [0.15, 0.2) is 11.6 Å². The van der Waals surface area contributed by atoms with Crippen LogP contribution in [0.2, 0.25) is 0 Å². The minimum absolute atomic E-state index is 0.237. The molecule has 6 heteroatoms. The molecule has 0 saturated heterocycles. The number of thiol groups is 4. The number of rotatable bonds is 0. The molecule has 0 atom stereocenters. The average Bonchev–Trinajstić information content (AvgIpc) is 2.46. The van der Waals surface area contributed by atoms with Crippen molar-refractivity contribution >= 4 is 62.1 Å². The Kier molecular flexibility index (Phi) is 3.44. The van der Waals surface area contributed by atoms with Crippen molar-refractivity contribution in [1.82, 2.24) is 0 Å². The van der Waals surface area contributed by atoms with Crippen molar-refractivity contribution in [3.63, 3.8) is 0 Å². The smallest absolute Gasteiger partial charge is 0.195 e. The summed E-state index contributed by atoms with van der Waals surface area (Å²) >= 11 is 17.2. The third-order valence-electron chi connectivity index (χ3n) is 3.27. The summed E-state index contributed by atoms with van der Waals surface area (Å²) in [5.41, 5.74) is 1.27. The number of hydrogen-bond acceptors (Lipinski definition) is 6. The molecule has 0 amide bonds. The third-order valence-corrected chi connectivity index (χ3v) is 5.58. The summed E-state index contributed by atoms with van der Waals surface area (Å²) in [5, 5.41) is 0. The van der Waals surface area contributed by atoms with Crippen molar-refractivity contribution in [2.75, 3.05) is 0 Å². The van der Waals surface area contributed by atoms with E-state index in [4.69, 9.17) is 0 Å². The van der Waals surface area contributed by atoms with Crippen molar-refractivity contribution in [1.29, 1.82) is 0 Å². The topological polar surface area (TPSA) is 34.1 Å². The van der Waals surface area contributed by atoms with Crippen molar-refractivity contribution in [2.45, 2.75) is 19.6 Å². The van der Waals surface area contributed by atoms with Crippen molar-refractivity contribution in [3.8, 4) is 0 Å². The molecule has 1 aliphatic rings. The lowest BCUT2D eigenvalue weighted by molar-refractivity contribution is 0.0973. The Labute approximate surface area is 137 Å². The molecule has 20 heavy (non-hydrogen) atoms. The maximum Gasteiger partial charge on any atom is 0.195 e. The normalized spacial score (nSPS) is 13.2. The van der Waals surface area contributed by atoms with Gasteiger partial charge in [-0.25, -0.2) is 0 Å². The maximum absolute atomic E-state index is 12.6. The number of ketones is 2. The lowest BCUT2D eigenvalue weighted by atomic mass is 9.84. The molecule has 0 fully saturated rings. The summed E-state index contributed by atoms with van der Waals surface area (Å²) in [5.74, 6) is -0.474. The van der Waals surface area contributed by atoms with Crippen LogP contribution in [0.1, 0.15) is 31.8 Å². The van der Waals surface area contributed by atoms with E-state index >= 15 is 0 Å². The van der Waals surface area contributed by atoms with Crippen LogP contribution in [0.3, 0.4) is 0 Å². The predicted molar refractivity (Wildman–Crippen MR) is 88.8 cm³/mol. The van der Waals surface area contributed by atoms with Gasteiger partial charge in [-0.3, -0.25) is 9.59 Å². The summed E-state index contributed by atoms with van der Waals surface area (Å²) in [6, 6.07) is 6.72. The zero-order valence-electron chi connectivity index (χ0n) is 9.91. The van der Waals surface area contributed by atoms with Gasteiger partial charge < -0.3 is 0 Å². The molecule has 100 valence electrons. The van der Waals surface area contributed by atoms with Crippen LogP contribution in [0.15, 0.2) is 43.8 Å². The quantitative estimate of drug-likeness (QED) is 0.473. The van der Waals surface area contributed by atoms with Crippen LogP contribution in [0.25, 0.3) is 0 Å². The Hall–Kier alpha value is -0.820. The van der Waals surface area contributed by atoms with E-state index in [0.717, 1.165) is 0 Å². The third kappa shape index (κ3) is 1.79. The summed E-state index contributed by atoms with van der Waals surface area (Å²) in [7, 11) is 0. The van der Waals surface area contributed by atoms with Crippen LogP contribution in [0.4, 0.5) is 0 Å². The van der Waals surface area contributed by atoms with Gasteiger partial charge in [0.05, 0.1) is 0 Å². The van der Waals surface area contributed by atoms with Gasteiger partial charge in [-0.1, -0.05) is 24.3 Å². The van der Waals surface area contributed by atoms with Crippen LogP contribution < -0.4 is 0 Å². The largest absolute Gasteiger partial charge is 0.289 e. The van der Waals surface area contributed by atoms with Gasteiger partial charge in [0, 0.05) is 41.8 Å². The number of carbonyl (C=O) groups is 2. The first-order valence-corrected chi connectivity index (χ1v) is 7.42. The Morgan fingerprint density at radius 1 is 0.600 bits per heavy atom. The molecule has 2 nitrogen and oxygen atoms in total. The SMILES string of the molecule is O=C1c2ccccc2C(=O)c2c(S)c(S)c(S)c(S)c21. The van der Waals surface area contributed by atoms with E-state index in [0.29, 0.717) is 30.7 Å². The van der Waals surface area contributed by atoms with Gasteiger partial charge in [-0.2, -0.15) is 0 Å². The first-order chi connectivity index (χ1) is 9.45. The zero-order chi connectivity index (χ0) is 14.6. The monoisotopic (exact) mass is 336 g/mol. The fourth-order valence-electron chi connectivity index (χ4n) is 2.29. The zero-order valence-corrected chi connectivity index (χ0v) is 13.5. The van der Waals surface area contributed by atoms with Gasteiger partial charge in [-0.15, -0.1) is 50.5 Å². The second kappa shape index (κ2) is 4.87. The highest BCUT2D eigenvalue weighted by Crippen LogP contribution is 2.41. The highest BCUT2D eigenvalue weighted by atomic mass is 32.1. The van der Waals surface area contributed by atoms with Crippen LogP contribution in [0.5, 0.6) is 0 Å². The molecule has 0 unspecified atom stereocenters. The van der Waals surface area contributed by atoms with E-state index in [1.54, 1.807) is 24.3 Å². The van der Waals surface area contributed by atoms with E-state index in [2.05, 4.69) is 50.5 Å².